The van der Waals surface area contributed by atoms with Crippen LogP contribution in [0, 0.1) is 0 Å². The highest BCUT2D eigenvalue weighted by molar-refractivity contribution is 5.87. The molecule has 4 heterocycles. The monoisotopic (exact) mass is 402 g/mol. The number of hydrogen-bond donors (Lipinski definition) is 1. The molecule has 0 saturated carbocycles. The number of rotatable bonds is 4. The molecule has 5 aromatic rings. The summed E-state index contributed by atoms with van der Waals surface area (Å²) in [5, 5.41) is 5.17. The summed E-state index contributed by atoms with van der Waals surface area (Å²) in [5.74, 6) is 0.507. The van der Waals surface area contributed by atoms with E-state index in [4.69, 9.17) is 0 Å². The Balaban J connectivity index is 1.59. The summed E-state index contributed by atoms with van der Waals surface area (Å²) in [6.45, 7) is 0.579. The average molecular weight is 402 g/mol. The summed E-state index contributed by atoms with van der Waals surface area (Å²) in [5.41, 5.74) is 5.03. The normalized spacial score (nSPS) is 11.4. The van der Waals surface area contributed by atoms with Gasteiger partial charge in [-0.25, -0.2) is 19.4 Å². The maximum atomic E-state index is 12.7. The van der Waals surface area contributed by atoms with E-state index in [1.807, 2.05) is 30.3 Å². The molecule has 0 saturated heterocycles. The quantitative estimate of drug-likeness (QED) is 0.483. The smallest absolute Gasteiger partial charge is 0.295 e. The third-order valence-electron chi connectivity index (χ3n) is 5.14. The molecule has 1 aromatic carbocycles. The summed E-state index contributed by atoms with van der Waals surface area (Å²) >= 11 is 0. The third-order valence-corrected chi connectivity index (χ3v) is 5.14. The van der Waals surface area contributed by atoms with Gasteiger partial charge in [-0.05, 0) is 11.6 Å². The van der Waals surface area contributed by atoms with Crippen LogP contribution in [0.4, 0.5) is 5.82 Å². The second kappa shape index (κ2) is 6.69. The van der Waals surface area contributed by atoms with Crippen molar-refractivity contribution in [3.63, 3.8) is 0 Å². The van der Waals surface area contributed by atoms with E-state index in [-0.39, 0.29) is 5.69 Å². The van der Waals surface area contributed by atoms with E-state index in [1.165, 1.54) is 17.9 Å². The van der Waals surface area contributed by atoms with Gasteiger partial charge in [-0.15, -0.1) is 0 Å². The highest BCUT2D eigenvalue weighted by Gasteiger charge is 2.15. The number of nitrogens with zero attached hydrogens (tertiary/aromatic N) is 7. The molecule has 30 heavy (non-hydrogen) atoms. The van der Waals surface area contributed by atoms with Crippen LogP contribution in [0.3, 0.4) is 0 Å². The topological polar surface area (TPSA) is 105 Å². The molecule has 5 rings (SSSR count). The summed E-state index contributed by atoms with van der Waals surface area (Å²) in [6.07, 6.45) is 4.83. The number of fused-ring (bicyclic) bond motifs is 2. The fraction of sp³-hybridized carbons (Fsp3) is 0.150. The maximum Gasteiger partial charge on any atom is 0.331 e. The van der Waals surface area contributed by atoms with Gasteiger partial charge in [-0.1, -0.05) is 30.3 Å². The number of aryl methyl sites for hydroxylation is 1. The van der Waals surface area contributed by atoms with Crippen LogP contribution in [-0.4, -0.2) is 33.6 Å². The minimum Gasteiger partial charge on any atom is -0.295 e. The SMILES string of the molecule is Cn1c(=O)c2c(ccn2Nc2ncnc3c2cnn3Cc2ccccc2)n(C)c1=O. The average Bonchev–Trinajstić information content (AvgIpc) is 3.37. The van der Waals surface area contributed by atoms with Crippen molar-refractivity contribution < 1.29 is 0 Å². The van der Waals surface area contributed by atoms with Crippen molar-refractivity contribution in [2.24, 2.45) is 14.1 Å². The number of anilines is 1. The summed E-state index contributed by atoms with van der Waals surface area (Å²) < 4.78 is 5.87. The molecule has 0 unspecified atom stereocenters. The highest BCUT2D eigenvalue weighted by Crippen LogP contribution is 2.20. The maximum absolute atomic E-state index is 12.7. The molecular weight excluding hydrogens is 384 g/mol. The zero-order valence-corrected chi connectivity index (χ0v) is 16.4. The van der Waals surface area contributed by atoms with Gasteiger partial charge in [0.2, 0.25) is 0 Å². The van der Waals surface area contributed by atoms with Crippen LogP contribution in [0.5, 0.6) is 0 Å². The van der Waals surface area contributed by atoms with E-state index in [1.54, 1.807) is 34.9 Å². The first-order valence-corrected chi connectivity index (χ1v) is 9.29. The number of hydrogen-bond acceptors (Lipinski definition) is 6. The summed E-state index contributed by atoms with van der Waals surface area (Å²) in [6, 6.07) is 11.7. The standard InChI is InChI=1S/C20H18N8O2/c1-25-15-8-9-27(16(15)19(29)26(2)20(25)30)24-17-14-10-23-28(18(14)22-12-21-17)11-13-6-4-3-5-7-13/h3-10,12H,11H2,1-2H3,(H,21,22,24). The van der Waals surface area contributed by atoms with Crippen molar-refractivity contribution in [2.45, 2.75) is 6.54 Å². The predicted molar refractivity (Wildman–Crippen MR) is 112 cm³/mol. The first kappa shape index (κ1) is 17.9. The number of aromatic nitrogens is 7. The lowest BCUT2D eigenvalue weighted by atomic mass is 10.2. The Morgan fingerprint density at radius 3 is 2.60 bits per heavy atom. The molecule has 10 nitrogen and oxygen atoms in total. The molecule has 0 aliphatic heterocycles. The fourth-order valence-corrected chi connectivity index (χ4v) is 3.54. The predicted octanol–water partition coefficient (Wildman–Crippen LogP) is 1.10. The van der Waals surface area contributed by atoms with Crippen molar-refractivity contribution in [2.75, 3.05) is 5.43 Å². The molecule has 0 radical (unpaired) electrons. The van der Waals surface area contributed by atoms with Crippen LogP contribution in [-0.2, 0) is 20.6 Å². The molecular formula is C20H18N8O2. The van der Waals surface area contributed by atoms with Gasteiger partial charge in [-0.3, -0.25) is 24.0 Å². The van der Waals surface area contributed by atoms with E-state index in [2.05, 4.69) is 20.5 Å². The van der Waals surface area contributed by atoms with Crippen LogP contribution < -0.4 is 16.7 Å². The second-order valence-corrected chi connectivity index (χ2v) is 6.98. The molecule has 0 amide bonds. The minimum absolute atomic E-state index is 0.350. The van der Waals surface area contributed by atoms with Crippen molar-refractivity contribution in [1.82, 2.24) is 33.6 Å². The van der Waals surface area contributed by atoms with Gasteiger partial charge in [0.25, 0.3) is 5.56 Å². The lowest BCUT2D eigenvalue weighted by Gasteiger charge is -2.10. The van der Waals surface area contributed by atoms with Crippen LogP contribution in [0.1, 0.15) is 5.56 Å². The van der Waals surface area contributed by atoms with Crippen molar-refractivity contribution in [3.05, 3.63) is 81.5 Å². The Labute approximate surface area is 169 Å². The fourth-order valence-electron chi connectivity index (χ4n) is 3.54. The molecule has 0 atom stereocenters. The number of nitrogens with one attached hydrogen (secondary N) is 1. The summed E-state index contributed by atoms with van der Waals surface area (Å²) in [7, 11) is 3.09. The van der Waals surface area contributed by atoms with Crippen molar-refractivity contribution in [3.8, 4) is 0 Å². The minimum atomic E-state index is -0.393. The van der Waals surface area contributed by atoms with E-state index < -0.39 is 5.56 Å². The van der Waals surface area contributed by atoms with E-state index in [0.717, 1.165) is 15.5 Å². The van der Waals surface area contributed by atoms with Crippen LogP contribution in [0.15, 0.2) is 64.7 Å². The Morgan fingerprint density at radius 2 is 1.80 bits per heavy atom. The van der Waals surface area contributed by atoms with Crippen molar-refractivity contribution in [1.29, 1.82) is 0 Å². The first-order chi connectivity index (χ1) is 14.5. The Hall–Kier alpha value is -4.21. The Bertz CT molecular complexity index is 1510. The molecule has 0 spiro atoms. The third kappa shape index (κ3) is 2.69. The van der Waals surface area contributed by atoms with Crippen molar-refractivity contribution >= 4 is 27.9 Å². The lowest BCUT2D eigenvalue weighted by Crippen LogP contribution is -2.37. The Morgan fingerprint density at radius 1 is 1.00 bits per heavy atom. The lowest BCUT2D eigenvalue weighted by molar-refractivity contribution is 0.703. The molecule has 4 aromatic heterocycles. The van der Waals surface area contributed by atoms with Crippen LogP contribution >= 0.6 is 0 Å². The van der Waals surface area contributed by atoms with Crippen LogP contribution in [0.25, 0.3) is 22.1 Å². The van der Waals surface area contributed by atoms with E-state index in [9.17, 15) is 9.59 Å². The molecule has 10 heteroatoms. The van der Waals surface area contributed by atoms with Crippen LogP contribution in [0.2, 0.25) is 0 Å². The van der Waals surface area contributed by atoms with E-state index in [0.29, 0.717) is 29.0 Å². The molecule has 0 aliphatic rings. The molecule has 0 bridgehead atoms. The van der Waals surface area contributed by atoms with Gasteiger partial charge >= 0.3 is 5.69 Å². The van der Waals surface area contributed by atoms with Gasteiger partial charge in [-0.2, -0.15) is 5.10 Å². The second-order valence-electron chi connectivity index (χ2n) is 6.98. The molecule has 150 valence electrons. The number of benzene rings is 1. The Kier molecular flexibility index (Phi) is 3.98. The highest BCUT2D eigenvalue weighted by atomic mass is 16.2. The van der Waals surface area contributed by atoms with Gasteiger partial charge in [0.1, 0.15) is 6.33 Å². The van der Waals surface area contributed by atoms with Gasteiger partial charge in [0.05, 0.1) is 23.6 Å². The molecule has 0 fully saturated rings. The summed E-state index contributed by atoms with van der Waals surface area (Å²) in [4.78, 5) is 33.6. The largest absolute Gasteiger partial charge is 0.331 e. The molecule has 1 N–H and O–H groups in total. The zero-order valence-electron chi connectivity index (χ0n) is 16.4. The zero-order chi connectivity index (χ0) is 20.8. The molecule has 0 aliphatic carbocycles. The van der Waals surface area contributed by atoms with E-state index >= 15 is 0 Å². The van der Waals surface area contributed by atoms with Gasteiger partial charge in [0, 0.05) is 20.3 Å². The van der Waals surface area contributed by atoms with Gasteiger partial charge in [0.15, 0.2) is 17.0 Å². The first-order valence-electron chi connectivity index (χ1n) is 9.29. The van der Waals surface area contributed by atoms with Gasteiger partial charge < -0.3 is 0 Å².